The first-order valence-corrected chi connectivity index (χ1v) is 8.57. The number of hydrogen-bond acceptors (Lipinski definition) is 4. The fourth-order valence-corrected chi connectivity index (χ4v) is 3.13. The number of ether oxygens (including phenoxy) is 1. The van der Waals surface area contributed by atoms with Crippen molar-refractivity contribution >= 4 is 5.69 Å². The lowest BCUT2D eigenvalue weighted by Gasteiger charge is -2.34. The van der Waals surface area contributed by atoms with E-state index in [-0.39, 0.29) is 24.0 Å². The van der Waals surface area contributed by atoms with Crippen molar-refractivity contribution in [3.05, 3.63) is 29.6 Å². The average Bonchev–Trinajstić information content (AvgIpc) is 2.53. The van der Waals surface area contributed by atoms with E-state index in [1.54, 1.807) is 6.07 Å². The van der Waals surface area contributed by atoms with Gasteiger partial charge in [0.25, 0.3) is 0 Å². The summed E-state index contributed by atoms with van der Waals surface area (Å²) in [5.41, 5.74) is 2.02. The minimum Gasteiger partial charge on any atom is -0.393 e. The Labute approximate surface area is 138 Å². The minimum absolute atomic E-state index is 0.0306. The number of piperidine rings is 1. The molecule has 1 aromatic carbocycles. The van der Waals surface area contributed by atoms with E-state index in [0.29, 0.717) is 13.2 Å². The second-order valence-electron chi connectivity index (χ2n) is 6.37. The summed E-state index contributed by atoms with van der Waals surface area (Å²) in [5.74, 6) is -0.216. The lowest BCUT2D eigenvalue weighted by molar-refractivity contribution is 0.124. The van der Waals surface area contributed by atoms with Crippen LogP contribution < -0.4 is 10.2 Å². The fourth-order valence-electron chi connectivity index (χ4n) is 3.13. The molecule has 0 amide bonds. The largest absolute Gasteiger partial charge is 0.393 e. The summed E-state index contributed by atoms with van der Waals surface area (Å²) < 4.78 is 19.2. The van der Waals surface area contributed by atoms with E-state index in [4.69, 9.17) is 4.74 Å². The van der Waals surface area contributed by atoms with Crippen molar-refractivity contribution in [2.45, 2.75) is 51.8 Å². The summed E-state index contributed by atoms with van der Waals surface area (Å²) in [6.45, 7) is 9.05. The van der Waals surface area contributed by atoms with Crippen LogP contribution in [0, 0.1) is 5.82 Å². The first-order chi connectivity index (χ1) is 11.0. The molecule has 1 saturated heterocycles. The Bertz CT molecular complexity index is 490. The highest BCUT2D eigenvalue weighted by molar-refractivity contribution is 5.55. The smallest absolute Gasteiger partial charge is 0.123 e. The molecule has 1 aromatic rings. The molecular weight excluding hydrogens is 295 g/mol. The number of aliphatic hydroxyl groups excluding tert-OH is 1. The van der Waals surface area contributed by atoms with Gasteiger partial charge in [-0.05, 0) is 57.4 Å². The molecule has 1 aliphatic heterocycles. The second-order valence-corrected chi connectivity index (χ2v) is 6.37. The highest BCUT2D eigenvalue weighted by Gasteiger charge is 2.22. The van der Waals surface area contributed by atoms with Gasteiger partial charge in [0.2, 0.25) is 0 Å². The highest BCUT2D eigenvalue weighted by atomic mass is 19.1. The summed E-state index contributed by atoms with van der Waals surface area (Å²) >= 11 is 0. The van der Waals surface area contributed by atoms with Crippen LogP contribution in [-0.2, 0) is 4.74 Å². The predicted octanol–water partition coefficient (Wildman–Crippen LogP) is 2.86. The molecule has 2 unspecified atom stereocenters. The Balaban J connectivity index is 2.11. The van der Waals surface area contributed by atoms with Crippen LogP contribution >= 0.6 is 0 Å². The lowest BCUT2D eigenvalue weighted by Crippen LogP contribution is -2.38. The van der Waals surface area contributed by atoms with Crippen molar-refractivity contribution in [3.63, 3.8) is 0 Å². The van der Waals surface area contributed by atoms with Crippen molar-refractivity contribution in [1.29, 1.82) is 0 Å². The molecule has 0 aliphatic carbocycles. The van der Waals surface area contributed by atoms with Gasteiger partial charge in [0.05, 0.1) is 12.7 Å². The van der Waals surface area contributed by atoms with Crippen LogP contribution in [0.2, 0.25) is 0 Å². The zero-order chi connectivity index (χ0) is 16.8. The van der Waals surface area contributed by atoms with Gasteiger partial charge in [-0.15, -0.1) is 0 Å². The number of rotatable bonds is 7. The second kappa shape index (κ2) is 8.62. The predicted molar refractivity (Wildman–Crippen MR) is 91.4 cm³/mol. The van der Waals surface area contributed by atoms with Gasteiger partial charge in [-0.2, -0.15) is 0 Å². The topological polar surface area (TPSA) is 44.7 Å². The molecule has 1 heterocycles. The summed E-state index contributed by atoms with van der Waals surface area (Å²) in [5, 5.41) is 13.2. The summed E-state index contributed by atoms with van der Waals surface area (Å²) in [7, 11) is 0. The molecule has 1 aliphatic rings. The molecule has 0 aromatic heterocycles. The monoisotopic (exact) mass is 324 g/mol. The quantitative estimate of drug-likeness (QED) is 0.809. The number of anilines is 1. The maximum Gasteiger partial charge on any atom is 0.123 e. The number of halogens is 1. The third-order valence-electron chi connectivity index (χ3n) is 4.37. The molecule has 130 valence electrons. The Morgan fingerprint density at radius 2 is 2.04 bits per heavy atom. The molecule has 2 atom stereocenters. The van der Waals surface area contributed by atoms with E-state index >= 15 is 0 Å². The van der Waals surface area contributed by atoms with Gasteiger partial charge >= 0.3 is 0 Å². The van der Waals surface area contributed by atoms with E-state index in [0.717, 1.165) is 37.2 Å². The Kier molecular flexibility index (Phi) is 6.81. The zero-order valence-corrected chi connectivity index (χ0v) is 14.4. The summed E-state index contributed by atoms with van der Waals surface area (Å²) in [6.07, 6.45) is 1.32. The van der Waals surface area contributed by atoms with Crippen LogP contribution in [0.5, 0.6) is 0 Å². The summed E-state index contributed by atoms with van der Waals surface area (Å²) in [4.78, 5) is 2.24. The van der Waals surface area contributed by atoms with Gasteiger partial charge in [-0.3, -0.25) is 0 Å². The van der Waals surface area contributed by atoms with Crippen LogP contribution in [0.25, 0.3) is 0 Å². The van der Waals surface area contributed by atoms with Gasteiger partial charge in [-0.1, -0.05) is 0 Å². The maximum absolute atomic E-state index is 13.8. The summed E-state index contributed by atoms with van der Waals surface area (Å²) in [6, 6.07) is 5.21. The lowest BCUT2D eigenvalue weighted by atomic mass is 10.0. The van der Waals surface area contributed by atoms with Crippen LogP contribution in [0.15, 0.2) is 18.2 Å². The van der Waals surface area contributed by atoms with Crippen LogP contribution in [0.3, 0.4) is 0 Å². The van der Waals surface area contributed by atoms with Gasteiger partial charge in [0.1, 0.15) is 5.82 Å². The fraction of sp³-hybridized carbons (Fsp3) is 0.667. The van der Waals surface area contributed by atoms with Gasteiger partial charge in [0, 0.05) is 37.5 Å². The van der Waals surface area contributed by atoms with E-state index in [1.165, 1.54) is 6.07 Å². The van der Waals surface area contributed by atoms with Crippen molar-refractivity contribution in [2.75, 3.05) is 31.2 Å². The van der Waals surface area contributed by atoms with Crippen molar-refractivity contribution in [2.24, 2.45) is 0 Å². The van der Waals surface area contributed by atoms with Crippen LogP contribution in [-0.4, -0.2) is 43.6 Å². The van der Waals surface area contributed by atoms with Crippen molar-refractivity contribution in [3.8, 4) is 0 Å². The number of aliphatic hydroxyl groups is 1. The normalized spacial score (nSPS) is 18.9. The molecule has 0 radical (unpaired) electrons. The van der Waals surface area contributed by atoms with Gasteiger partial charge in [0.15, 0.2) is 0 Å². The molecule has 2 rings (SSSR count). The Hall–Kier alpha value is -1.17. The average molecular weight is 324 g/mol. The molecule has 4 nitrogen and oxygen atoms in total. The molecular formula is C18H29FN2O2. The molecule has 5 heteroatoms. The third kappa shape index (κ3) is 5.16. The van der Waals surface area contributed by atoms with E-state index in [9.17, 15) is 9.50 Å². The SMILES string of the molecule is CCOCC(C)NC(C)c1cc(F)ccc1N1CCC(O)CC1. The van der Waals surface area contributed by atoms with Crippen LogP contribution in [0.4, 0.5) is 10.1 Å². The molecule has 0 bridgehead atoms. The Morgan fingerprint density at radius 1 is 1.35 bits per heavy atom. The number of nitrogens with one attached hydrogen (secondary N) is 1. The zero-order valence-electron chi connectivity index (χ0n) is 14.4. The van der Waals surface area contributed by atoms with Crippen molar-refractivity contribution in [1.82, 2.24) is 5.32 Å². The van der Waals surface area contributed by atoms with Crippen LogP contribution in [0.1, 0.15) is 45.2 Å². The highest BCUT2D eigenvalue weighted by Crippen LogP contribution is 2.30. The molecule has 0 saturated carbocycles. The van der Waals surface area contributed by atoms with Gasteiger partial charge < -0.3 is 20.1 Å². The first-order valence-electron chi connectivity index (χ1n) is 8.57. The number of nitrogens with zero attached hydrogens (tertiary/aromatic N) is 1. The van der Waals surface area contributed by atoms with Gasteiger partial charge in [-0.25, -0.2) is 4.39 Å². The minimum atomic E-state index is -0.216. The van der Waals surface area contributed by atoms with E-state index in [1.807, 2.05) is 13.0 Å². The van der Waals surface area contributed by atoms with E-state index < -0.39 is 0 Å². The molecule has 23 heavy (non-hydrogen) atoms. The molecule has 1 fully saturated rings. The van der Waals surface area contributed by atoms with E-state index in [2.05, 4.69) is 24.1 Å². The maximum atomic E-state index is 13.8. The molecule has 2 N–H and O–H groups in total. The standard InChI is InChI=1S/C18H29FN2O2/c1-4-23-12-13(2)20-14(3)17-11-15(19)5-6-18(17)21-9-7-16(22)8-10-21/h5-6,11,13-14,16,20,22H,4,7-10,12H2,1-3H3. The number of hydrogen-bond donors (Lipinski definition) is 2. The third-order valence-corrected chi connectivity index (χ3v) is 4.37. The molecule has 0 spiro atoms. The first kappa shape index (κ1) is 18.2. The Morgan fingerprint density at radius 3 is 2.70 bits per heavy atom. The van der Waals surface area contributed by atoms with Crippen molar-refractivity contribution < 1.29 is 14.2 Å². The number of benzene rings is 1.